The number of fused-ring (bicyclic) bond motifs is 1. The second kappa shape index (κ2) is 3.45. The molecule has 2 heterocycles. The van der Waals surface area contributed by atoms with Gasteiger partial charge in [0.1, 0.15) is 9.06 Å². The fourth-order valence-electron chi connectivity index (χ4n) is 1.75. The quantitative estimate of drug-likeness (QED) is 0.688. The van der Waals surface area contributed by atoms with Gasteiger partial charge in [-0.15, -0.1) is 0 Å². The van der Waals surface area contributed by atoms with E-state index in [0.29, 0.717) is 0 Å². The summed E-state index contributed by atoms with van der Waals surface area (Å²) >= 11 is 7.09. The summed E-state index contributed by atoms with van der Waals surface area (Å²) in [5, 5.41) is 0. The van der Waals surface area contributed by atoms with E-state index in [-0.39, 0.29) is 14.8 Å². The van der Waals surface area contributed by atoms with Gasteiger partial charge in [0, 0.05) is 18.3 Å². The number of rotatable bonds is 0. The van der Waals surface area contributed by atoms with E-state index in [4.69, 9.17) is 0 Å². The Hall–Kier alpha value is -0.160. The highest BCUT2D eigenvalue weighted by Gasteiger charge is 2.36. The van der Waals surface area contributed by atoms with E-state index < -0.39 is 0 Å². The fourth-order valence-corrected chi connectivity index (χ4v) is 2.79. The molecule has 0 saturated carbocycles. The van der Waals surface area contributed by atoms with E-state index in [9.17, 15) is 4.79 Å². The van der Waals surface area contributed by atoms with Gasteiger partial charge in [0.15, 0.2) is 0 Å². The Bertz CT molecular complexity index is 414. The summed E-state index contributed by atoms with van der Waals surface area (Å²) in [5.41, 5.74) is 0.0190. The normalized spacial score (nSPS) is 24.4. The van der Waals surface area contributed by atoms with Crippen LogP contribution in [0.5, 0.6) is 0 Å². The van der Waals surface area contributed by atoms with E-state index in [2.05, 4.69) is 36.8 Å². The predicted octanol–water partition coefficient (Wildman–Crippen LogP) is 2.54. The maximum atomic E-state index is 11.6. The van der Waals surface area contributed by atoms with Gasteiger partial charge >= 0.3 is 0 Å². The van der Waals surface area contributed by atoms with Crippen LogP contribution in [-0.4, -0.2) is 9.55 Å². The van der Waals surface area contributed by atoms with Crippen LogP contribution in [0.1, 0.15) is 31.6 Å². The molecule has 0 saturated heterocycles. The Kier molecular flexibility index (Phi) is 2.55. The van der Waals surface area contributed by atoms with Crippen LogP contribution in [-0.2, 0) is 3.23 Å². The lowest BCUT2D eigenvalue weighted by Gasteiger charge is -2.32. The van der Waals surface area contributed by atoms with Gasteiger partial charge in [0.05, 0.1) is 0 Å². The van der Waals surface area contributed by atoms with Crippen molar-refractivity contribution >= 4 is 31.9 Å². The van der Waals surface area contributed by atoms with Crippen LogP contribution in [0, 0.1) is 0 Å². The Morgan fingerprint density at radius 2 is 2.36 bits per heavy atom. The SMILES string of the molecule is CC1CCC(Br)(Br)c2nccc(=O)n21. The number of aromatic nitrogens is 2. The second-order valence-corrected chi connectivity index (χ2v) is 7.34. The Morgan fingerprint density at radius 3 is 3.00 bits per heavy atom. The van der Waals surface area contributed by atoms with Crippen molar-refractivity contribution in [3.05, 3.63) is 28.4 Å². The highest BCUT2D eigenvalue weighted by atomic mass is 79.9. The zero-order valence-corrected chi connectivity index (χ0v) is 10.9. The zero-order valence-electron chi connectivity index (χ0n) is 7.70. The number of halogens is 2. The van der Waals surface area contributed by atoms with E-state index >= 15 is 0 Å². The first kappa shape index (κ1) is 10.4. The van der Waals surface area contributed by atoms with E-state index in [1.165, 1.54) is 6.07 Å². The minimum absolute atomic E-state index is 0.0190. The summed E-state index contributed by atoms with van der Waals surface area (Å²) in [6.07, 6.45) is 3.46. The van der Waals surface area contributed by atoms with Crippen LogP contribution in [0.2, 0.25) is 0 Å². The molecule has 0 aliphatic carbocycles. The Morgan fingerprint density at radius 1 is 1.64 bits per heavy atom. The maximum absolute atomic E-state index is 11.6. The van der Waals surface area contributed by atoms with Crippen LogP contribution in [0.4, 0.5) is 0 Å². The summed E-state index contributed by atoms with van der Waals surface area (Å²) in [5.74, 6) is 0.767. The molecule has 14 heavy (non-hydrogen) atoms. The van der Waals surface area contributed by atoms with Crippen LogP contribution >= 0.6 is 31.9 Å². The third-order valence-corrected chi connectivity index (χ3v) is 4.03. The topological polar surface area (TPSA) is 34.9 Å². The van der Waals surface area contributed by atoms with Gasteiger partial charge in [0.25, 0.3) is 5.56 Å². The predicted molar refractivity (Wildman–Crippen MR) is 62.0 cm³/mol. The third-order valence-electron chi connectivity index (χ3n) is 2.52. The largest absolute Gasteiger partial charge is 0.292 e. The van der Waals surface area contributed by atoms with Crippen LogP contribution in [0.15, 0.2) is 17.1 Å². The van der Waals surface area contributed by atoms with Crippen LogP contribution < -0.4 is 5.56 Å². The fraction of sp³-hybridized carbons (Fsp3) is 0.556. The van der Waals surface area contributed by atoms with Crippen LogP contribution in [0.3, 0.4) is 0 Å². The number of hydrogen-bond donors (Lipinski definition) is 0. The summed E-state index contributed by atoms with van der Waals surface area (Å²) in [4.78, 5) is 15.9. The van der Waals surface area contributed by atoms with E-state index in [0.717, 1.165) is 18.7 Å². The molecule has 2 rings (SSSR count). The molecule has 76 valence electrons. The van der Waals surface area contributed by atoms with E-state index in [1.807, 2.05) is 6.92 Å². The highest BCUT2D eigenvalue weighted by molar-refractivity contribution is 9.24. The van der Waals surface area contributed by atoms with Gasteiger partial charge in [-0.25, -0.2) is 4.98 Å². The summed E-state index contributed by atoms with van der Waals surface area (Å²) in [6, 6.07) is 1.73. The molecule has 5 heteroatoms. The lowest BCUT2D eigenvalue weighted by atomic mass is 10.1. The molecule has 1 aliphatic rings. The van der Waals surface area contributed by atoms with E-state index in [1.54, 1.807) is 10.8 Å². The number of hydrogen-bond acceptors (Lipinski definition) is 2. The van der Waals surface area contributed by atoms with Gasteiger partial charge in [-0.05, 0) is 19.8 Å². The van der Waals surface area contributed by atoms with Gasteiger partial charge in [-0.1, -0.05) is 31.9 Å². The smallest absolute Gasteiger partial charge is 0.253 e. The Labute approximate surface area is 98.8 Å². The first-order chi connectivity index (χ1) is 6.52. The molecule has 1 unspecified atom stereocenters. The van der Waals surface area contributed by atoms with Crippen molar-refractivity contribution in [1.29, 1.82) is 0 Å². The summed E-state index contributed by atoms with van der Waals surface area (Å²) in [6.45, 7) is 2.04. The molecule has 0 spiro atoms. The molecule has 0 bridgehead atoms. The summed E-state index contributed by atoms with van der Waals surface area (Å²) in [7, 11) is 0. The first-order valence-corrected chi connectivity index (χ1v) is 6.07. The Balaban J connectivity index is 2.69. The average Bonchev–Trinajstić information content (AvgIpc) is 2.12. The van der Waals surface area contributed by atoms with Gasteiger partial charge < -0.3 is 0 Å². The number of alkyl halides is 2. The average molecular weight is 322 g/mol. The minimum Gasteiger partial charge on any atom is -0.292 e. The molecular formula is C9H10Br2N2O. The summed E-state index contributed by atoms with van der Waals surface area (Å²) < 4.78 is 1.40. The molecule has 0 N–H and O–H groups in total. The molecule has 1 aromatic rings. The molecule has 1 aliphatic heterocycles. The minimum atomic E-state index is -0.340. The van der Waals surface area contributed by atoms with Crippen molar-refractivity contribution < 1.29 is 0 Å². The molecule has 0 fully saturated rings. The molecule has 1 atom stereocenters. The van der Waals surface area contributed by atoms with Crippen LogP contribution in [0.25, 0.3) is 0 Å². The van der Waals surface area contributed by atoms with Gasteiger partial charge in [0.2, 0.25) is 0 Å². The molecule has 0 radical (unpaired) electrons. The monoisotopic (exact) mass is 320 g/mol. The molecule has 0 aromatic carbocycles. The van der Waals surface area contributed by atoms with Crippen molar-refractivity contribution in [2.24, 2.45) is 0 Å². The highest BCUT2D eigenvalue weighted by Crippen LogP contribution is 2.45. The first-order valence-electron chi connectivity index (χ1n) is 4.48. The molecule has 3 nitrogen and oxygen atoms in total. The van der Waals surface area contributed by atoms with Crippen molar-refractivity contribution in [3.63, 3.8) is 0 Å². The second-order valence-electron chi connectivity index (χ2n) is 3.57. The van der Waals surface area contributed by atoms with Gasteiger partial charge in [-0.2, -0.15) is 0 Å². The molecule has 1 aromatic heterocycles. The molecular weight excluding hydrogens is 312 g/mol. The van der Waals surface area contributed by atoms with Crippen molar-refractivity contribution in [1.82, 2.24) is 9.55 Å². The van der Waals surface area contributed by atoms with Gasteiger partial charge in [-0.3, -0.25) is 9.36 Å². The lowest BCUT2D eigenvalue weighted by molar-refractivity contribution is 0.393. The maximum Gasteiger partial charge on any atom is 0.253 e. The number of nitrogens with zero attached hydrogens (tertiary/aromatic N) is 2. The van der Waals surface area contributed by atoms with Crippen molar-refractivity contribution in [2.75, 3.05) is 0 Å². The lowest BCUT2D eigenvalue weighted by Crippen LogP contribution is -2.35. The zero-order chi connectivity index (χ0) is 10.3. The van der Waals surface area contributed by atoms with Crippen molar-refractivity contribution in [2.45, 2.75) is 29.0 Å². The molecule has 0 amide bonds. The third kappa shape index (κ3) is 1.56. The van der Waals surface area contributed by atoms with Crippen molar-refractivity contribution in [3.8, 4) is 0 Å². The standard InChI is InChI=1S/C9H10Br2N2O/c1-6-2-4-9(10,11)8-12-5-3-7(14)13(6)8/h3,5-6H,2,4H2,1H3.